The maximum Gasteiger partial charge on any atom is 0.246 e. The first-order valence-corrected chi connectivity index (χ1v) is 16.9. The van der Waals surface area contributed by atoms with Gasteiger partial charge in [-0.05, 0) is 118 Å². The SMILES string of the molecule is Cc1[nH]c2ccccc2c1[C@@H]1[C@@H](CC(=O)N(C2CC2)C2(C(=O)NC34CC5CC(CC(C5)C3)C4)CCCCC2)C1(C)C. The number of carbonyl (C=O) groups excluding carboxylic acids is 2. The Morgan fingerprint density at radius 2 is 1.59 bits per heavy atom. The zero-order valence-corrected chi connectivity index (χ0v) is 25.4. The number of carbonyl (C=O) groups is 2. The molecular weight excluding hydrogens is 506 g/mol. The molecule has 0 spiro atoms. The number of hydrogen-bond acceptors (Lipinski definition) is 2. The molecule has 1 heterocycles. The van der Waals surface area contributed by atoms with E-state index in [-0.39, 0.29) is 28.8 Å². The lowest BCUT2D eigenvalue weighted by molar-refractivity contribution is -0.155. The lowest BCUT2D eigenvalue weighted by Crippen LogP contribution is -2.68. The van der Waals surface area contributed by atoms with Gasteiger partial charge in [-0.2, -0.15) is 0 Å². The molecule has 41 heavy (non-hydrogen) atoms. The molecule has 5 nitrogen and oxygen atoms in total. The second-order valence-electron chi connectivity index (χ2n) is 16.1. The third-order valence-corrected chi connectivity index (χ3v) is 12.9. The average molecular weight is 556 g/mol. The minimum atomic E-state index is -0.648. The molecule has 4 bridgehead atoms. The van der Waals surface area contributed by atoms with Crippen molar-refractivity contribution in [3.63, 3.8) is 0 Å². The van der Waals surface area contributed by atoms with E-state index in [0.717, 1.165) is 56.3 Å². The third-order valence-electron chi connectivity index (χ3n) is 12.9. The van der Waals surface area contributed by atoms with Crippen LogP contribution in [0.5, 0.6) is 0 Å². The molecule has 7 aliphatic rings. The number of nitrogens with zero attached hydrogens (tertiary/aromatic N) is 1. The van der Waals surface area contributed by atoms with E-state index in [4.69, 9.17) is 0 Å². The van der Waals surface area contributed by atoms with Crippen LogP contribution in [-0.2, 0) is 9.59 Å². The fourth-order valence-corrected chi connectivity index (χ4v) is 11.1. The molecule has 0 aliphatic heterocycles. The van der Waals surface area contributed by atoms with Gasteiger partial charge >= 0.3 is 0 Å². The van der Waals surface area contributed by atoms with Gasteiger partial charge in [-0.25, -0.2) is 0 Å². The molecule has 7 saturated carbocycles. The van der Waals surface area contributed by atoms with Crippen molar-refractivity contribution >= 4 is 22.7 Å². The number of fused-ring (bicyclic) bond motifs is 1. The number of aromatic nitrogens is 1. The number of aromatic amines is 1. The Balaban J connectivity index is 1.07. The van der Waals surface area contributed by atoms with Crippen LogP contribution < -0.4 is 5.32 Å². The van der Waals surface area contributed by atoms with Gasteiger partial charge in [0.15, 0.2) is 0 Å². The number of aryl methyl sites for hydroxylation is 1. The lowest BCUT2D eigenvalue weighted by atomic mass is 9.53. The summed E-state index contributed by atoms with van der Waals surface area (Å²) >= 11 is 0. The Morgan fingerprint density at radius 1 is 0.951 bits per heavy atom. The number of amides is 2. The van der Waals surface area contributed by atoms with Crippen LogP contribution in [0.1, 0.15) is 121 Å². The van der Waals surface area contributed by atoms with E-state index >= 15 is 0 Å². The van der Waals surface area contributed by atoms with Crippen molar-refractivity contribution in [3.05, 3.63) is 35.5 Å². The first-order chi connectivity index (χ1) is 19.7. The van der Waals surface area contributed by atoms with Crippen LogP contribution >= 0.6 is 0 Å². The van der Waals surface area contributed by atoms with E-state index in [2.05, 4.69) is 60.2 Å². The highest BCUT2D eigenvalue weighted by Gasteiger charge is 2.62. The van der Waals surface area contributed by atoms with Crippen LogP contribution in [0.4, 0.5) is 0 Å². The Kier molecular flexibility index (Phi) is 5.85. The number of hydrogen-bond donors (Lipinski definition) is 2. The number of nitrogens with one attached hydrogen (secondary N) is 2. The number of para-hydroxylation sites is 1. The standard InChI is InChI=1S/C36H49N3O2/c1-22-31(27-9-5-6-10-29(27)37-22)32-28(34(32,2)3)18-30(40)39(26-11-12-26)36(13-7-4-8-14-36)33(41)38-35-19-23-15-24(20-35)17-25(16-23)21-35/h5-6,9-10,23-26,28,32,37H,4,7-8,11-21H2,1-3H3,(H,38,41)/t23?,24?,25?,28-,32+,35?/m1/s1. The first kappa shape index (κ1) is 26.3. The molecule has 9 rings (SSSR count). The molecule has 0 saturated heterocycles. The summed E-state index contributed by atoms with van der Waals surface area (Å²) < 4.78 is 0. The average Bonchev–Trinajstić information content (AvgIpc) is 3.80. The molecule has 2 N–H and O–H groups in total. The van der Waals surface area contributed by atoms with Crippen molar-refractivity contribution in [2.45, 2.75) is 134 Å². The van der Waals surface area contributed by atoms with Gasteiger partial charge in [-0.15, -0.1) is 0 Å². The van der Waals surface area contributed by atoms with E-state index < -0.39 is 5.54 Å². The van der Waals surface area contributed by atoms with E-state index in [1.807, 2.05) is 0 Å². The van der Waals surface area contributed by atoms with Gasteiger partial charge in [0.25, 0.3) is 0 Å². The Bertz CT molecular complexity index is 1340. The molecular formula is C36H49N3O2. The van der Waals surface area contributed by atoms with Gasteiger partial charge in [0.1, 0.15) is 5.54 Å². The fraction of sp³-hybridized carbons (Fsp3) is 0.722. The predicted octanol–water partition coefficient (Wildman–Crippen LogP) is 7.38. The molecule has 2 amide bonds. The normalized spacial score (nSPS) is 36.3. The highest BCUT2D eigenvalue weighted by Crippen LogP contribution is 2.67. The summed E-state index contributed by atoms with van der Waals surface area (Å²) in [4.78, 5) is 35.0. The zero-order valence-electron chi connectivity index (χ0n) is 25.4. The van der Waals surface area contributed by atoms with Crippen molar-refractivity contribution in [2.75, 3.05) is 0 Å². The van der Waals surface area contributed by atoms with Crippen molar-refractivity contribution in [1.29, 1.82) is 0 Å². The van der Waals surface area contributed by atoms with Crippen LogP contribution in [0.3, 0.4) is 0 Å². The van der Waals surface area contributed by atoms with Crippen molar-refractivity contribution in [2.24, 2.45) is 29.1 Å². The predicted molar refractivity (Wildman–Crippen MR) is 162 cm³/mol. The third kappa shape index (κ3) is 4.14. The van der Waals surface area contributed by atoms with E-state index in [0.29, 0.717) is 18.3 Å². The van der Waals surface area contributed by atoms with Crippen LogP contribution in [0.25, 0.3) is 10.9 Å². The maximum absolute atomic E-state index is 14.6. The number of rotatable bonds is 7. The van der Waals surface area contributed by atoms with Crippen LogP contribution in [0.15, 0.2) is 24.3 Å². The summed E-state index contributed by atoms with van der Waals surface area (Å²) in [6.07, 6.45) is 15.3. The summed E-state index contributed by atoms with van der Waals surface area (Å²) in [6.45, 7) is 6.87. The molecule has 0 unspecified atom stereocenters. The molecule has 2 aromatic rings. The quantitative estimate of drug-likeness (QED) is 0.374. The molecule has 1 aromatic carbocycles. The zero-order chi connectivity index (χ0) is 28.1. The van der Waals surface area contributed by atoms with E-state index in [9.17, 15) is 9.59 Å². The Hall–Kier alpha value is -2.30. The highest BCUT2D eigenvalue weighted by molar-refractivity contribution is 5.93. The molecule has 5 heteroatoms. The van der Waals surface area contributed by atoms with Crippen molar-refractivity contribution in [1.82, 2.24) is 15.2 Å². The molecule has 2 atom stereocenters. The van der Waals surface area contributed by atoms with Gasteiger partial charge in [0.05, 0.1) is 0 Å². The smallest absolute Gasteiger partial charge is 0.246 e. The number of H-pyrrole nitrogens is 1. The van der Waals surface area contributed by atoms with Gasteiger partial charge in [0.2, 0.25) is 11.8 Å². The monoisotopic (exact) mass is 555 g/mol. The fourth-order valence-electron chi connectivity index (χ4n) is 11.1. The minimum Gasteiger partial charge on any atom is -0.358 e. The molecule has 7 aliphatic carbocycles. The molecule has 7 fully saturated rings. The van der Waals surface area contributed by atoms with E-state index in [1.165, 1.54) is 67.1 Å². The summed E-state index contributed by atoms with van der Waals surface area (Å²) in [5.74, 6) is 3.52. The highest BCUT2D eigenvalue weighted by atomic mass is 16.2. The maximum atomic E-state index is 14.6. The van der Waals surface area contributed by atoms with Crippen molar-refractivity contribution in [3.8, 4) is 0 Å². The number of benzene rings is 1. The Labute approximate surface area is 245 Å². The van der Waals surface area contributed by atoms with Gasteiger partial charge in [0, 0.05) is 34.6 Å². The first-order valence-electron chi connectivity index (χ1n) is 16.9. The van der Waals surface area contributed by atoms with Crippen LogP contribution in [-0.4, -0.2) is 38.8 Å². The molecule has 220 valence electrons. The largest absolute Gasteiger partial charge is 0.358 e. The molecule has 1 aromatic heterocycles. The summed E-state index contributed by atoms with van der Waals surface area (Å²) in [6, 6.07) is 8.85. The Morgan fingerprint density at radius 3 is 2.22 bits per heavy atom. The van der Waals surface area contributed by atoms with Crippen LogP contribution in [0.2, 0.25) is 0 Å². The lowest BCUT2D eigenvalue weighted by Gasteiger charge is -2.58. The van der Waals surface area contributed by atoms with Crippen LogP contribution in [0, 0.1) is 36.0 Å². The molecule has 0 radical (unpaired) electrons. The second-order valence-corrected chi connectivity index (χ2v) is 16.1. The van der Waals surface area contributed by atoms with Gasteiger partial charge in [-0.1, -0.05) is 51.3 Å². The summed E-state index contributed by atoms with van der Waals surface area (Å²) in [7, 11) is 0. The van der Waals surface area contributed by atoms with Gasteiger partial charge in [-0.3, -0.25) is 9.59 Å². The van der Waals surface area contributed by atoms with Gasteiger partial charge < -0.3 is 15.2 Å². The second kappa shape index (κ2) is 9.10. The topological polar surface area (TPSA) is 65.2 Å². The summed E-state index contributed by atoms with van der Waals surface area (Å²) in [5, 5.41) is 5.06. The van der Waals surface area contributed by atoms with E-state index in [1.54, 1.807) is 0 Å². The summed E-state index contributed by atoms with van der Waals surface area (Å²) in [5.41, 5.74) is 3.23. The van der Waals surface area contributed by atoms with Crippen molar-refractivity contribution < 1.29 is 9.59 Å². The minimum absolute atomic E-state index is 0.00893.